The van der Waals surface area contributed by atoms with Crippen molar-refractivity contribution in [2.75, 3.05) is 0 Å². The quantitative estimate of drug-likeness (QED) is 0.609. The van der Waals surface area contributed by atoms with Crippen LogP contribution in [0.2, 0.25) is 10.2 Å². The van der Waals surface area contributed by atoms with E-state index < -0.39 is 0 Å². The van der Waals surface area contributed by atoms with E-state index in [0.29, 0.717) is 10.2 Å². The Kier molecular flexibility index (Phi) is 1.84. The fourth-order valence-corrected chi connectivity index (χ4v) is 2.02. The molecule has 0 saturated carbocycles. The van der Waals surface area contributed by atoms with Crippen LogP contribution >= 0.6 is 23.2 Å². The average Bonchev–Trinajstić information content (AvgIpc) is 2.69. The van der Waals surface area contributed by atoms with Crippen molar-refractivity contribution in [3.05, 3.63) is 34.7 Å². The number of nitrogens with one attached hydrogen (secondary N) is 1. The van der Waals surface area contributed by atoms with Crippen LogP contribution in [0, 0.1) is 0 Å². The minimum Gasteiger partial charge on any atom is -0.342 e. The topological polar surface area (TPSA) is 41.6 Å². The number of aromatic amines is 1. The van der Waals surface area contributed by atoms with Gasteiger partial charge in [-0.15, -0.1) is 0 Å². The minimum atomic E-state index is 0.428. The second-order valence-electron chi connectivity index (χ2n) is 3.19. The molecule has 0 bridgehead atoms. The molecule has 5 heteroatoms. The minimum absolute atomic E-state index is 0.428. The van der Waals surface area contributed by atoms with E-state index in [-0.39, 0.29) is 0 Å². The predicted molar refractivity (Wildman–Crippen MR) is 61.4 cm³/mol. The molecule has 0 atom stereocenters. The van der Waals surface area contributed by atoms with Gasteiger partial charge in [0.05, 0.1) is 11.8 Å². The standard InChI is InChI=1S/C10H5Cl2N3/c11-5-1-2-7-6(3-5)8-9(10(12)15-7)14-4-13-8/h1-4H,(H,13,14). The van der Waals surface area contributed by atoms with Gasteiger partial charge in [0.15, 0.2) is 5.15 Å². The van der Waals surface area contributed by atoms with Crippen molar-refractivity contribution in [3.8, 4) is 0 Å². The third-order valence-electron chi connectivity index (χ3n) is 2.28. The lowest BCUT2D eigenvalue weighted by atomic mass is 10.2. The fourth-order valence-electron chi connectivity index (χ4n) is 1.61. The molecule has 0 aliphatic heterocycles. The lowest BCUT2D eigenvalue weighted by Crippen LogP contribution is -1.83. The van der Waals surface area contributed by atoms with Crippen molar-refractivity contribution in [2.24, 2.45) is 0 Å². The lowest BCUT2D eigenvalue weighted by molar-refractivity contribution is 1.34. The van der Waals surface area contributed by atoms with Crippen molar-refractivity contribution in [1.82, 2.24) is 15.0 Å². The summed E-state index contributed by atoms with van der Waals surface area (Å²) in [6, 6.07) is 5.45. The number of pyridine rings is 1. The molecule has 0 unspecified atom stereocenters. The van der Waals surface area contributed by atoms with Gasteiger partial charge in [-0.25, -0.2) is 9.97 Å². The van der Waals surface area contributed by atoms with E-state index in [2.05, 4.69) is 15.0 Å². The van der Waals surface area contributed by atoms with Crippen LogP contribution in [0.3, 0.4) is 0 Å². The van der Waals surface area contributed by atoms with Crippen LogP contribution in [0.1, 0.15) is 0 Å². The van der Waals surface area contributed by atoms with Gasteiger partial charge in [-0.1, -0.05) is 23.2 Å². The maximum Gasteiger partial charge on any atom is 0.155 e. The van der Waals surface area contributed by atoms with Gasteiger partial charge in [-0.3, -0.25) is 0 Å². The Morgan fingerprint density at radius 3 is 2.93 bits per heavy atom. The van der Waals surface area contributed by atoms with E-state index in [9.17, 15) is 0 Å². The molecule has 15 heavy (non-hydrogen) atoms. The van der Waals surface area contributed by atoms with Gasteiger partial charge >= 0.3 is 0 Å². The Bertz CT molecular complexity index is 660. The molecular formula is C10H5Cl2N3. The average molecular weight is 238 g/mol. The first kappa shape index (κ1) is 8.95. The number of halogens is 2. The fraction of sp³-hybridized carbons (Fsp3) is 0. The van der Waals surface area contributed by atoms with Gasteiger partial charge in [-0.2, -0.15) is 0 Å². The monoisotopic (exact) mass is 237 g/mol. The van der Waals surface area contributed by atoms with Gasteiger partial charge in [0, 0.05) is 10.4 Å². The number of benzene rings is 1. The molecule has 74 valence electrons. The first-order valence-electron chi connectivity index (χ1n) is 4.33. The van der Waals surface area contributed by atoms with Crippen molar-refractivity contribution >= 4 is 45.1 Å². The van der Waals surface area contributed by atoms with E-state index in [1.807, 2.05) is 12.1 Å². The Labute approximate surface area is 95.0 Å². The van der Waals surface area contributed by atoms with E-state index in [0.717, 1.165) is 21.9 Å². The lowest BCUT2D eigenvalue weighted by Gasteiger charge is -2.00. The third kappa shape index (κ3) is 1.28. The zero-order valence-corrected chi connectivity index (χ0v) is 8.97. The molecule has 0 radical (unpaired) electrons. The SMILES string of the molecule is Clc1ccc2nc(Cl)c3[nH]cnc3c2c1. The highest BCUT2D eigenvalue weighted by Gasteiger charge is 2.08. The highest BCUT2D eigenvalue weighted by Crippen LogP contribution is 2.28. The normalized spacial score (nSPS) is 11.3. The Morgan fingerprint density at radius 2 is 2.07 bits per heavy atom. The number of rotatable bonds is 0. The smallest absolute Gasteiger partial charge is 0.155 e. The zero-order valence-electron chi connectivity index (χ0n) is 7.46. The second-order valence-corrected chi connectivity index (χ2v) is 3.98. The summed E-state index contributed by atoms with van der Waals surface area (Å²) in [7, 11) is 0. The largest absolute Gasteiger partial charge is 0.342 e. The van der Waals surface area contributed by atoms with Gasteiger partial charge in [0.25, 0.3) is 0 Å². The number of imidazole rings is 1. The van der Waals surface area contributed by atoms with Crippen molar-refractivity contribution in [3.63, 3.8) is 0 Å². The molecule has 1 aromatic carbocycles. The number of hydrogen-bond donors (Lipinski definition) is 1. The number of H-pyrrole nitrogens is 1. The summed E-state index contributed by atoms with van der Waals surface area (Å²) in [4.78, 5) is 11.4. The molecule has 0 amide bonds. The van der Waals surface area contributed by atoms with Crippen LogP contribution in [-0.4, -0.2) is 15.0 Å². The summed E-state index contributed by atoms with van der Waals surface area (Å²) in [5, 5.41) is 2.00. The summed E-state index contributed by atoms with van der Waals surface area (Å²) in [6.45, 7) is 0. The highest BCUT2D eigenvalue weighted by molar-refractivity contribution is 6.35. The summed E-state index contributed by atoms with van der Waals surface area (Å²) in [6.07, 6.45) is 1.60. The maximum atomic E-state index is 6.00. The third-order valence-corrected chi connectivity index (χ3v) is 2.79. The van der Waals surface area contributed by atoms with Gasteiger partial charge in [0.1, 0.15) is 11.0 Å². The maximum absolute atomic E-state index is 6.00. The van der Waals surface area contributed by atoms with Gasteiger partial charge in [-0.05, 0) is 18.2 Å². The summed E-state index contributed by atoms with van der Waals surface area (Å²) in [5.74, 6) is 0. The van der Waals surface area contributed by atoms with E-state index >= 15 is 0 Å². The molecule has 3 aromatic rings. The molecule has 0 fully saturated rings. The number of aromatic nitrogens is 3. The van der Waals surface area contributed by atoms with Crippen molar-refractivity contribution < 1.29 is 0 Å². The molecule has 1 N–H and O–H groups in total. The number of fused-ring (bicyclic) bond motifs is 3. The van der Waals surface area contributed by atoms with Crippen LogP contribution < -0.4 is 0 Å². The molecule has 0 aliphatic rings. The highest BCUT2D eigenvalue weighted by atomic mass is 35.5. The Balaban J connectivity index is 2.61. The molecular weight excluding hydrogens is 233 g/mol. The first-order chi connectivity index (χ1) is 7.25. The first-order valence-corrected chi connectivity index (χ1v) is 5.09. The van der Waals surface area contributed by atoms with Gasteiger partial charge in [0.2, 0.25) is 0 Å². The Hall–Kier alpha value is -1.32. The van der Waals surface area contributed by atoms with Crippen molar-refractivity contribution in [2.45, 2.75) is 0 Å². The summed E-state index contributed by atoms with van der Waals surface area (Å²) < 4.78 is 0. The Morgan fingerprint density at radius 1 is 1.20 bits per heavy atom. The van der Waals surface area contributed by atoms with Crippen LogP contribution in [-0.2, 0) is 0 Å². The molecule has 3 nitrogen and oxygen atoms in total. The van der Waals surface area contributed by atoms with Crippen LogP contribution in [0.5, 0.6) is 0 Å². The van der Waals surface area contributed by atoms with E-state index in [4.69, 9.17) is 23.2 Å². The van der Waals surface area contributed by atoms with Crippen molar-refractivity contribution in [1.29, 1.82) is 0 Å². The van der Waals surface area contributed by atoms with Crippen LogP contribution in [0.25, 0.3) is 21.9 Å². The predicted octanol–water partition coefficient (Wildman–Crippen LogP) is 3.42. The van der Waals surface area contributed by atoms with Gasteiger partial charge < -0.3 is 4.98 Å². The van der Waals surface area contributed by atoms with Crippen LogP contribution in [0.15, 0.2) is 24.5 Å². The van der Waals surface area contributed by atoms with E-state index in [1.54, 1.807) is 12.4 Å². The summed E-state index contributed by atoms with van der Waals surface area (Å²) >= 11 is 11.9. The number of hydrogen-bond acceptors (Lipinski definition) is 2. The molecule has 0 spiro atoms. The molecule has 2 heterocycles. The molecule has 0 saturated heterocycles. The second kappa shape index (κ2) is 3.08. The zero-order chi connectivity index (χ0) is 10.4. The molecule has 0 aliphatic carbocycles. The molecule has 2 aromatic heterocycles. The number of nitrogens with zero attached hydrogens (tertiary/aromatic N) is 2. The molecule has 3 rings (SSSR count). The summed E-state index contributed by atoms with van der Waals surface area (Å²) in [5.41, 5.74) is 2.34. The van der Waals surface area contributed by atoms with E-state index in [1.165, 1.54) is 0 Å². The van der Waals surface area contributed by atoms with Crippen LogP contribution in [0.4, 0.5) is 0 Å².